The van der Waals surface area contributed by atoms with Crippen molar-refractivity contribution in [1.82, 2.24) is 0 Å². The molecule has 0 radical (unpaired) electrons. The fraction of sp³-hybridized carbons (Fsp3) is 0.381. The third-order valence-corrected chi connectivity index (χ3v) is 7.84. The number of ether oxygens (including phenoxy) is 2. The summed E-state index contributed by atoms with van der Waals surface area (Å²) in [4.78, 5) is 13.5. The highest BCUT2D eigenvalue weighted by Crippen LogP contribution is 2.42. The average molecular weight is 404 g/mol. The summed E-state index contributed by atoms with van der Waals surface area (Å²) >= 11 is 0. The maximum Gasteiger partial charge on any atom is 0.246 e. The van der Waals surface area contributed by atoms with Crippen LogP contribution in [0.5, 0.6) is 11.5 Å². The summed E-state index contributed by atoms with van der Waals surface area (Å²) in [6.45, 7) is 1.89. The third-order valence-electron chi connectivity index (χ3n) is 5.33. The molecule has 2 aromatic carbocycles. The topological polar surface area (TPSA) is 81.7 Å². The highest BCUT2D eigenvalue weighted by atomic mass is 32.2. The van der Waals surface area contributed by atoms with Crippen LogP contribution < -0.4 is 14.8 Å². The maximum atomic E-state index is 13.5. The van der Waals surface area contributed by atoms with E-state index >= 15 is 0 Å². The Bertz CT molecular complexity index is 961. The molecule has 28 heavy (non-hydrogen) atoms. The molecule has 2 aromatic rings. The van der Waals surface area contributed by atoms with Crippen LogP contribution in [0.2, 0.25) is 0 Å². The van der Waals surface area contributed by atoms with E-state index in [0.29, 0.717) is 42.9 Å². The predicted molar refractivity (Wildman–Crippen MR) is 108 cm³/mol. The number of aryl methyl sites for hydroxylation is 1. The highest BCUT2D eigenvalue weighted by molar-refractivity contribution is 7.93. The lowest BCUT2D eigenvalue weighted by Gasteiger charge is -2.28. The Hall–Kier alpha value is -2.54. The van der Waals surface area contributed by atoms with E-state index in [1.807, 2.05) is 6.92 Å². The van der Waals surface area contributed by atoms with Crippen LogP contribution in [-0.4, -0.2) is 33.3 Å². The molecule has 0 unspecified atom stereocenters. The van der Waals surface area contributed by atoms with Gasteiger partial charge in [-0.1, -0.05) is 30.5 Å². The molecule has 1 aliphatic carbocycles. The highest BCUT2D eigenvalue weighted by Gasteiger charge is 2.53. The molecule has 0 heterocycles. The van der Waals surface area contributed by atoms with E-state index < -0.39 is 20.5 Å². The molecule has 1 aliphatic rings. The van der Waals surface area contributed by atoms with Crippen molar-refractivity contribution < 1.29 is 22.7 Å². The lowest BCUT2D eigenvalue weighted by molar-refractivity contribution is -0.118. The van der Waals surface area contributed by atoms with Crippen molar-refractivity contribution in [2.45, 2.75) is 42.2 Å². The third kappa shape index (κ3) is 3.46. The molecule has 1 amide bonds. The number of benzene rings is 2. The fourth-order valence-corrected chi connectivity index (χ4v) is 5.72. The molecule has 0 spiro atoms. The molecule has 1 fully saturated rings. The fourth-order valence-electron chi connectivity index (χ4n) is 3.65. The zero-order valence-electron chi connectivity index (χ0n) is 16.3. The second-order valence-electron chi connectivity index (χ2n) is 7.04. The van der Waals surface area contributed by atoms with Crippen LogP contribution in [0.4, 0.5) is 5.69 Å². The lowest BCUT2D eigenvalue weighted by atomic mass is 10.1. The Balaban J connectivity index is 2.00. The van der Waals surface area contributed by atoms with Crippen LogP contribution >= 0.6 is 0 Å². The van der Waals surface area contributed by atoms with Gasteiger partial charge in [0.15, 0.2) is 14.6 Å². The number of methoxy groups -OCH3 is 2. The van der Waals surface area contributed by atoms with E-state index in [9.17, 15) is 13.2 Å². The molecule has 1 saturated carbocycles. The average Bonchev–Trinajstić information content (AvgIpc) is 3.20. The van der Waals surface area contributed by atoms with Crippen molar-refractivity contribution in [3.63, 3.8) is 0 Å². The van der Waals surface area contributed by atoms with Crippen LogP contribution in [0.15, 0.2) is 47.4 Å². The van der Waals surface area contributed by atoms with Gasteiger partial charge in [0, 0.05) is 6.07 Å². The van der Waals surface area contributed by atoms with Gasteiger partial charge in [0.2, 0.25) is 5.91 Å². The molecule has 0 aromatic heterocycles. The molecule has 0 aliphatic heterocycles. The van der Waals surface area contributed by atoms with Crippen molar-refractivity contribution in [2.24, 2.45) is 0 Å². The molecular weight excluding hydrogens is 378 g/mol. The first-order valence-electron chi connectivity index (χ1n) is 9.19. The number of carbonyl (C=O) groups is 1. The number of sulfone groups is 1. The van der Waals surface area contributed by atoms with Crippen LogP contribution in [0.3, 0.4) is 0 Å². The Labute approximate surface area is 165 Å². The van der Waals surface area contributed by atoms with E-state index in [2.05, 4.69) is 5.32 Å². The normalized spacial score (nSPS) is 15.8. The Morgan fingerprint density at radius 2 is 1.64 bits per heavy atom. The minimum Gasteiger partial charge on any atom is -0.497 e. The second-order valence-corrected chi connectivity index (χ2v) is 9.30. The predicted octanol–water partition coefficient (Wildman–Crippen LogP) is 3.74. The van der Waals surface area contributed by atoms with Crippen molar-refractivity contribution >= 4 is 21.4 Å². The Morgan fingerprint density at radius 3 is 2.21 bits per heavy atom. The number of hydrogen-bond donors (Lipinski definition) is 1. The smallest absolute Gasteiger partial charge is 0.246 e. The van der Waals surface area contributed by atoms with Gasteiger partial charge in [-0.25, -0.2) is 8.42 Å². The molecule has 0 atom stereocenters. The molecule has 3 rings (SSSR count). The first-order chi connectivity index (χ1) is 13.3. The summed E-state index contributed by atoms with van der Waals surface area (Å²) in [6, 6.07) is 11.6. The van der Waals surface area contributed by atoms with E-state index in [1.54, 1.807) is 42.5 Å². The van der Waals surface area contributed by atoms with E-state index in [-0.39, 0.29) is 4.90 Å². The van der Waals surface area contributed by atoms with Crippen molar-refractivity contribution in [1.29, 1.82) is 0 Å². The van der Waals surface area contributed by atoms with Crippen LogP contribution in [0.25, 0.3) is 0 Å². The molecular formula is C21H25NO5S. The van der Waals surface area contributed by atoms with Gasteiger partial charge in [-0.05, 0) is 44.0 Å². The van der Waals surface area contributed by atoms with Crippen molar-refractivity contribution in [3.8, 4) is 11.5 Å². The molecule has 0 saturated heterocycles. The molecule has 7 heteroatoms. The monoisotopic (exact) mass is 403 g/mol. The SMILES string of the molecule is COc1ccc(OC)c(NC(=O)C2(S(=O)(=O)c3ccc(C)cc3)CCCC2)c1. The van der Waals surface area contributed by atoms with Gasteiger partial charge in [0.05, 0.1) is 24.8 Å². The van der Waals surface area contributed by atoms with Crippen LogP contribution in [0.1, 0.15) is 31.2 Å². The molecule has 0 bridgehead atoms. The van der Waals surface area contributed by atoms with Gasteiger partial charge in [-0.3, -0.25) is 4.79 Å². The van der Waals surface area contributed by atoms with E-state index in [4.69, 9.17) is 9.47 Å². The van der Waals surface area contributed by atoms with Gasteiger partial charge in [0.25, 0.3) is 0 Å². The van der Waals surface area contributed by atoms with Gasteiger partial charge in [0.1, 0.15) is 11.5 Å². The summed E-state index contributed by atoms with van der Waals surface area (Å²) in [7, 11) is -0.842. The van der Waals surface area contributed by atoms with Gasteiger partial charge < -0.3 is 14.8 Å². The minimum atomic E-state index is -3.86. The largest absolute Gasteiger partial charge is 0.497 e. The summed E-state index contributed by atoms with van der Waals surface area (Å²) in [5.41, 5.74) is 1.35. The quantitative estimate of drug-likeness (QED) is 0.795. The summed E-state index contributed by atoms with van der Waals surface area (Å²) in [5.74, 6) is 0.449. The number of nitrogens with one attached hydrogen (secondary N) is 1. The van der Waals surface area contributed by atoms with Gasteiger partial charge >= 0.3 is 0 Å². The standard InChI is InChI=1S/C21H25NO5S/c1-15-6-9-17(10-7-15)28(24,25)21(12-4-5-13-21)20(23)22-18-14-16(26-2)8-11-19(18)27-3/h6-11,14H,4-5,12-13H2,1-3H3,(H,22,23). The lowest BCUT2D eigenvalue weighted by Crippen LogP contribution is -2.47. The van der Waals surface area contributed by atoms with E-state index in [1.165, 1.54) is 14.2 Å². The summed E-state index contributed by atoms with van der Waals surface area (Å²) in [5, 5.41) is 2.78. The zero-order chi connectivity index (χ0) is 20.4. The maximum absolute atomic E-state index is 13.5. The first-order valence-corrected chi connectivity index (χ1v) is 10.7. The number of rotatable bonds is 6. The minimum absolute atomic E-state index is 0.174. The second kappa shape index (κ2) is 7.83. The van der Waals surface area contributed by atoms with Gasteiger partial charge in [-0.15, -0.1) is 0 Å². The number of hydrogen-bond acceptors (Lipinski definition) is 5. The van der Waals surface area contributed by atoms with Crippen LogP contribution in [-0.2, 0) is 14.6 Å². The molecule has 6 nitrogen and oxygen atoms in total. The number of anilines is 1. The van der Waals surface area contributed by atoms with Crippen molar-refractivity contribution in [2.75, 3.05) is 19.5 Å². The zero-order valence-corrected chi connectivity index (χ0v) is 17.1. The summed E-state index contributed by atoms with van der Waals surface area (Å²) < 4.78 is 35.9. The van der Waals surface area contributed by atoms with Gasteiger partial charge in [-0.2, -0.15) is 0 Å². The summed E-state index contributed by atoms with van der Waals surface area (Å²) in [6.07, 6.45) is 1.96. The van der Waals surface area contributed by atoms with E-state index in [0.717, 1.165) is 5.56 Å². The molecule has 1 N–H and O–H groups in total. The van der Waals surface area contributed by atoms with Crippen LogP contribution in [0, 0.1) is 6.92 Å². The number of amides is 1. The molecule has 150 valence electrons. The van der Waals surface area contributed by atoms with Crippen molar-refractivity contribution in [3.05, 3.63) is 48.0 Å². The Kier molecular flexibility index (Phi) is 5.65. The first kappa shape index (κ1) is 20.2. The number of carbonyl (C=O) groups excluding carboxylic acids is 1. The Morgan fingerprint density at radius 1 is 1.00 bits per heavy atom.